The average Bonchev–Trinajstić information content (AvgIpc) is 3.49. The predicted octanol–water partition coefficient (Wildman–Crippen LogP) is 2.20. The molecule has 1 aromatic carbocycles. The Bertz CT molecular complexity index is 985. The number of fused-ring (bicyclic) bond motifs is 1. The van der Waals surface area contributed by atoms with Gasteiger partial charge in [0.2, 0.25) is 17.7 Å². The van der Waals surface area contributed by atoms with Crippen LogP contribution in [-0.2, 0) is 35.1 Å². The van der Waals surface area contributed by atoms with Gasteiger partial charge in [-0.25, -0.2) is 4.79 Å². The molecule has 10 nitrogen and oxygen atoms in total. The van der Waals surface area contributed by atoms with E-state index in [0.29, 0.717) is 32.1 Å². The van der Waals surface area contributed by atoms with Crippen LogP contribution in [0.15, 0.2) is 30.3 Å². The van der Waals surface area contributed by atoms with Crippen molar-refractivity contribution < 1.29 is 33.8 Å². The van der Waals surface area contributed by atoms with E-state index >= 15 is 0 Å². The van der Waals surface area contributed by atoms with Crippen LogP contribution in [0.25, 0.3) is 0 Å². The van der Waals surface area contributed by atoms with Crippen LogP contribution in [0.3, 0.4) is 0 Å². The Morgan fingerprint density at radius 2 is 1.76 bits per heavy atom. The molecule has 1 aromatic rings. The van der Waals surface area contributed by atoms with Gasteiger partial charge in [-0.15, -0.1) is 0 Å². The first kappa shape index (κ1) is 29.3. The summed E-state index contributed by atoms with van der Waals surface area (Å²) in [6.07, 6.45) is 6.37. The Hall–Kier alpha value is -3.27. The molecule has 0 aromatic heterocycles. The first-order valence-corrected chi connectivity index (χ1v) is 13.6. The largest absolute Gasteiger partial charge is 0.480 e. The number of carboxylic acid groups (broad SMARTS) is 1. The highest BCUT2D eigenvalue weighted by atomic mass is 16.5. The molecule has 3 fully saturated rings. The molecule has 10 heteroatoms. The van der Waals surface area contributed by atoms with Crippen molar-refractivity contribution in [1.29, 1.82) is 0 Å². The summed E-state index contributed by atoms with van der Waals surface area (Å²) in [5, 5.41) is 15.0. The zero-order chi connectivity index (χ0) is 27.7. The molecule has 3 amide bonds. The third kappa shape index (κ3) is 7.86. The molecule has 3 aliphatic rings. The number of hydrogen-bond acceptors (Lipinski definition) is 7. The number of benzene rings is 1. The minimum atomic E-state index is -0.944. The molecule has 0 spiro atoms. The number of rotatable bonds is 9. The fourth-order valence-electron chi connectivity index (χ4n) is 5.57. The minimum absolute atomic E-state index is 0.0167. The van der Waals surface area contributed by atoms with Gasteiger partial charge in [-0.1, -0.05) is 43.2 Å². The maximum atomic E-state index is 13.4. The number of nitrogens with zero attached hydrogens (tertiary/aromatic N) is 1. The van der Waals surface area contributed by atoms with E-state index in [-0.39, 0.29) is 42.3 Å². The van der Waals surface area contributed by atoms with Gasteiger partial charge >= 0.3 is 11.9 Å². The Kier molecular flexibility index (Phi) is 10.8. The third-order valence-electron chi connectivity index (χ3n) is 7.44. The van der Waals surface area contributed by atoms with Crippen LogP contribution < -0.4 is 10.6 Å². The molecule has 1 aliphatic carbocycles. The van der Waals surface area contributed by atoms with Gasteiger partial charge in [-0.2, -0.15) is 0 Å². The summed E-state index contributed by atoms with van der Waals surface area (Å²) >= 11 is 0. The van der Waals surface area contributed by atoms with Crippen molar-refractivity contribution in [2.75, 3.05) is 6.61 Å². The van der Waals surface area contributed by atoms with Crippen LogP contribution in [0.5, 0.6) is 0 Å². The minimum Gasteiger partial charge on any atom is -0.480 e. The molecule has 2 heterocycles. The third-order valence-corrected chi connectivity index (χ3v) is 7.44. The standard InChI is InChI=1S/C24H34N2O5.C4H5NO2/c1-3-31-24(30)19(14-13-17-9-5-4-6-10-17)25-16(2)22(27)26-20-12-8-7-11-18(20)15-21(26)23(28)29;6-3-1-2-4(7)5-3/h4-6,9-10,16,18-21,25H,3,7-8,11-15H2,1-2H3,(H,28,29);1-2H2,(H,5,6,7)/t16-,18+,19-,20-,21-;/m0./s1. The van der Waals surface area contributed by atoms with E-state index in [2.05, 4.69) is 10.6 Å². The number of esters is 1. The Balaban J connectivity index is 0.000000494. The summed E-state index contributed by atoms with van der Waals surface area (Å²) in [7, 11) is 0. The molecular weight excluding hydrogens is 490 g/mol. The lowest BCUT2D eigenvalue weighted by Crippen LogP contribution is -2.55. The van der Waals surface area contributed by atoms with Crippen molar-refractivity contribution >= 4 is 29.7 Å². The molecule has 0 radical (unpaired) electrons. The molecule has 5 atom stereocenters. The Labute approximate surface area is 223 Å². The lowest BCUT2D eigenvalue weighted by atomic mass is 9.84. The van der Waals surface area contributed by atoms with Gasteiger partial charge < -0.3 is 14.7 Å². The number of likely N-dealkylation sites (tertiary alicyclic amines) is 1. The van der Waals surface area contributed by atoms with Crippen LogP contribution in [0.4, 0.5) is 0 Å². The number of carbonyl (C=O) groups is 5. The number of amides is 3. The number of ether oxygens (including phenoxy) is 1. The molecule has 4 rings (SSSR count). The lowest BCUT2D eigenvalue weighted by Gasteiger charge is -2.35. The second-order valence-corrected chi connectivity index (χ2v) is 10.1. The van der Waals surface area contributed by atoms with E-state index < -0.39 is 24.1 Å². The number of aliphatic carboxylic acids is 1. The monoisotopic (exact) mass is 529 g/mol. The second kappa shape index (κ2) is 14.0. The van der Waals surface area contributed by atoms with Gasteiger partial charge in [0.05, 0.1) is 12.6 Å². The summed E-state index contributed by atoms with van der Waals surface area (Å²) in [5.74, 6) is -1.61. The van der Waals surface area contributed by atoms with E-state index in [1.165, 1.54) is 0 Å². The molecule has 0 unspecified atom stereocenters. The number of imide groups is 1. The smallest absolute Gasteiger partial charge is 0.326 e. The lowest BCUT2D eigenvalue weighted by molar-refractivity contribution is -0.152. The Morgan fingerprint density at radius 1 is 1.11 bits per heavy atom. The molecule has 208 valence electrons. The maximum Gasteiger partial charge on any atom is 0.326 e. The van der Waals surface area contributed by atoms with Crippen molar-refractivity contribution in [2.45, 2.75) is 95.8 Å². The van der Waals surface area contributed by atoms with Crippen molar-refractivity contribution in [1.82, 2.24) is 15.5 Å². The fourth-order valence-corrected chi connectivity index (χ4v) is 5.57. The van der Waals surface area contributed by atoms with Gasteiger partial charge in [0, 0.05) is 18.9 Å². The van der Waals surface area contributed by atoms with Gasteiger partial charge in [-0.05, 0) is 57.4 Å². The molecule has 0 bridgehead atoms. The molecule has 1 saturated carbocycles. The van der Waals surface area contributed by atoms with Gasteiger partial charge in [0.1, 0.15) is 12.1 Å². The number of hydrogen-bond donors (Lipinski definition) is 3. The van der Waals surface area contributed by atoms with Gasteiger partial charge in [0.25, 0.3) is 0 Å². The summed E-state index contributed by atoms with van der Waals surface area (Å²) in [5.41, 5.74) is 1.10. The predicted molar refractivity (Wildman–Crippen MR) is 139 cm³/mol. The average molecular weight is 530 g/mol. The van der Waals surface area contributed by atoms with E-state index in [9.17, 15) is 29.1 Å². The van der Waals surface area contributed by atoms with Crippen molar-refractivity contribution in [3.05, 3.63) is 35.9 Å². The van der Waals surface area contributed by atoms with Crippen molar-refractivity contribution in [2.24, 2.45) is 5.92 Å². The first-order chi connectivity index (χ1) is 18.2. The topological polar surface area (TPSA) is 142 Å². The van der Waals surface area contributed by atoms with Crippen LogP contribution in [0, 0.1) is 5.92 Å². The highest BCUT2D eigenvalue weighted by molar-refractivity contribution is 6.01. The maximum absolute atomic E-state index is 13.4. The highest BCUT2D eigenvalue weighted by Gasteiger charge is 2.48. The summed E-state index contributed by atoms with van der Waals surface area (Å²) in [4.78, 5) is 59.6. The number of carbonyl (C=O) groups excluding carboxylic acids is 4. The zero-order valence-electron chi connectivity index (χ0n) is 22.2. The van der Waals surface area contributed by atoms with Crippen molar-refractivity contribution in [3.63, 3.8) is 0 Å². The van der Waals surface area contributed by atoms with Crippen LogP contribution in [0.1, 0.15) is 70.8 Å². The van der Waals surface area contributed by atoms with E-state index in [1.807, 2.05) is 30.3 Å². The Morgan fingerprint density at radius 3 is 2.34 bits per heavy atom. The molecule has 38 heavy (non-hydrogen) atoms. The van der Waals surface area contributed by atoms with Crippen molar-refractivity contribution in [3.8, 4) is 0 Å². The molecular formula is C28H39N3O7. The summed E-state index contributed by atoms with van der Waals surface area (Å²) < 4.78 is 5.22. The van der Waals surface area contributed by atoms with Gasteiger partial charge in [0.15, 0.2) is 0 Å². The van der Waals surface area contributed by atoms with Crippen LogP contribution in [0.2, 0.25) is 0 Å². The molecule has 2 aliphatic heterocycles. The molecule has 2 saturated heterocycles. The number of carboxylic acids is 1. The first-order valence-electron chi connectivity index (χ1n) is 13.6. The van der Waals surface area contributed by atoms with Gasteiger partial charge in [-0.3, -0.25) is 29.8 Å². The highest BCUT2D eigenvalue weighted by Crippen LogP contribution is 2.40. The van der Waals surface area contributed by atoms with Crippen LogP contribution >= 0.6 is 0 Å². The van der Waals surface area contributed by atoms with E-state index in [1.54, 1.807) is 18.7 Å². The van der Waals surface area contributed by atoms with Crippen LogP contribution in [-0.4, -0.2) is 70.4 Å². The SMILES string of the molecule is CCOC(=O)[C@H](CCc1ccccc1)N[C@@H](C)C(=O)N1[C@H](C(=O)O)C[C@H]2CCCC[C@@H]21.O=C1CCC(=O)N1. The second-order valence-electron chi connectivity index (χ2n) is 10.1. The fraction of sp³-hybridized carbons (Fsp3) is 0.607. The summed E-state index contributed by atoms with van der Waals surface area (Å²) in [6, 6.07) is 7.75. The molecule has 3 N–H and O–H groups in total. The number of nitrogens with one attached hydrogen (secondary N) is 2. The zero-order valence-corrected chi connectivity index (χ0v) is 22.2. The normalized spacial score (nSPS) is 23.9. The quantitative estimate of drug-likeness (QED) is 0.326. The van der Waals surface area contributed by atoms with E-state index in [0.717, 1.165) is 31.2 Å². The summed E-state index contributed by atoms with van der Waals surface area (Å²) in [6.45, 7) is 3.74. The van der Waals surface area contributed by atoms with E-state index in [4.69, 9.17) is 4.74 Å². The number of aryl methyl sites for hydroxylation is 1.